The Morgan fingerprint density at radius 2 is 1.94 bits per heavy atom. The Kier molecular flexibility index (Phi) is 3.31. The number of nitrogens with two attached hydrogens (primary N) is 1. The van der Waals surface area contributed by atoms with Gasteiger partial charge >= 0.3 is 0 Å². The average molecular weight is 232 g/mol. The fourth-order valence-electron chi connectivity index (χ4n) is 1.28. The maximum absolute atomic E-state index is 5.93. The largest absolute Gasteiger partial charge is 0.497 e. The molecule has 1 aromatic carbocycles. The second-order valence-electron chi connectivity index (χ2n) is 3.19. The maximum Gasteiger partial charge on any atom is 0.120 e. The third kappa shape index (κ3) is 2.46. The summed E-state index contributed by atoms with van der Waals surface area (Å²) < 4.78 is 5.10. The van der Waals surface area contributed by atoms with E-state index in [-0.39, 0.29) is 0 Å². The van der Waals surface area contributed by atoms with Gasteiger partial charge in [0.15, 0.2) is 0 Å². The van der Waals surface area contributed by atoms with Crippen LogP contribution in [0.4, 0.5) is 5.69 Å². The van der Waals surface area contributed by atoms with Gasteiger partial charge in [0.25, 0.3) is 0 Å². The Balaban J connectivity index is 2.22. The van der Waals surface area contributed by atoms with E-state index in [1.807, 2.05) is 30.3 Å². The molecule has 1 heterocycles. The normalized spacial score (nSPS) is 10.1. The first-order valence-corrected chi connectivity index (χ1v) is 5.62. The maximum atomic E-state index is 5.93. The quantitative estimate of drug-likeness (QED) is 0.827. The summed E-state index contributed by atoms with van der Waals surface area (Å²) in [4.78, 5) is 6.11. The van der Waals surface area contributed by atoms with E-state index in [0.717, 1.165) is 21.2 Å². The molecule has 1 aromatic heterocycles. The zero-order chi connectivity index (χ0) is 11.4. The summed E-state index contributed by atoms with van der Waals surface area (Å²) >= 11 is 1.61. The summed E-state index contributed by atoms with van der Waals surface area (Å²) in [6, 6.07) is 9.59. The van der Waals surface area contributed by atoms with Crippen LogP contribution in [0.2, 0.25) is 0 Å². The topological polar surface area (TPSA) is 48.1 Å². The first kappa shape index (κ1) is 10.8. The summed E-state index contributed by atoms with van der Waals surface area (Å²) in [6.07, 6.45) is 3.53. The Morgan fingerprint density at radius 1 is 1.19 bits per heavy atom. The van der Waals surface area contributed by atoms with Crippen LogP contribution in [0.25, 0.3) is 0 Å². The van der Waals surface area contributed by atoms with Crippen molar-refractivity contribution in [3.63, 3.8) is 0 Å². The molecule has 0 amide bonds. The number of ether oxygens (including phenoxy) is 1. The Hall–Kier alpha value is -1.68. The highest BCUT2D eigenvalue weighted by atomic mass is 32.2. The van der Waals surface area contributed by atoms with E-state index < -0.39 is 0 Å². The molecule has 0 radical (unpaired) electrons. The molecule has 3 nitrogen and oxygen atoms in total. The van der Waals surface area contributed by atoms with Gasteiger partial charge in [-0.3, -0.25) is 4.98 Å². The van der Waals surface area contributed by atoms with Gasteiger partial charge in [-0.15, -0.1) is 0 Å². The van der Waals surface area contributed by atoms with Gasteiger partial charge in [-0.05, 0) is 24.3 Å². The predicted octanol–water partition coefficient (Wildman–Crippen LogP) is 2.82. The minimum absolute atomic E-state index is 0.723. The van der Waals surface area contributed by atoms with Crippen LogP contribution in [0.3, 0.4) is 0 Å². The summed E-state index contributed by atoms with van der Waals surface area (Å²) in [5.41, 5.74) is 6.65. The van der Waals surface area contributed by atoms with Crippen LogP contribution >= 0.6 is 11.8 Å². The number of aromatic nitrogens is 1. The molecule has 2 rings (SSSR count). The fraction of sp³-hybridized carbons (Fsp3) is 0.0833. The van der Waals surface area contributed by atoms with Gasteiger partial charge < -0.3 is 10.5 Å². The Bertz CT molecular complexity index is 474. The minimum atomic E-state index is 0.723. The molecule has 0 aliphatic rings. The molecular weight excluding hydrogens is 220 g/mol. The van der Waals surface area contributed by atoms with Gasteiger partial charge in [-0.25, -0.2) is 0 Å². The number of nitrogens with zero attached hydrogens (tertiary/aromatic N) is 1. The first-order valence-electron chi connectivity index (χ1n) is 4.81. The number of hydrogen-bond donors (Lipinski definition) is 1. The van der Waals surface area contributed by atoms with E-state index in [2.05, 4.69) is 4.98 Å². The summed E-state index contributed by atoms with van der Waals surface area (Å²) in [5, 5.41) is 0. The SMILES string of the molecule is COc1ccc(Sc2ccncc2)c(N)c1. The zero-order valence-electron chi connectivity index (χ0n) is 8.88. The number of nitrogen functional groups attached to an aromatic ring is 1. The van der Waals surface area contributed by atoms with Gasteiger partial charge in [-0.2, -0.15) is 0 Å². The summed E-state index contributed by atoms with van der Waals surface area (Å²) in [5.74, 6) is 0.775. The first-order chi connectivity index (χ1) is 7.79. The second-order valence-corrected chi connectivity index (χ2v) is 4.30. The number of rotatable bonds is 3. The molecule has 0 aliphatic carbocycles. The molecule has 16 heavy (non-hydrogen) atoms. The van der Waals surface area contributed by atoms with Gasteiger partial charge in [0.2, 0.25) is 0 Å². The van der Waals surface area contributed by atoms with Crippen molar-refractivity contribution in [2.75, 3.05) is 12.8 Å². The van der Waals surface area contributed by atoms with Crippen LogP contribution in [-0.2, 0) is 0 Å². The van der Waals surface area contributed by atoms with E-state index in [0.29, 0.717) is 0 Å². The Morgan fingerprint density at radius 3 is 2.56 bits per heavy atom. The highest BCUT2D eigenvalue weighted by molar-refractivity contribution is 7.99. The molecule has 2 N–H and O–H groups in total. The number of methoxy groups -OCH3 is 1. The zero-order valence-corrected chi connectivity index (χ0v) is 9.70. The third-order valence-corrected chi connectivity index (χ3v) is 3.19. The van der Waals surface area contributed by atoms with E-state index in [1.165, 1.54) is 0 Å². The summed E-state index contributed by atoms with van der Waals surface area (Å²) in [6.45, 7) is 0. The predicted molar refractivity (Wildman–Crippen MR) is 65.8 cm³/mol. The van der Waals surface area contributed by atoms with Crippen LogP contribution in [-0.4, -0.2) is 12.1 Å². The van der Waals surface area contributed by atoms with Crippen molar-refractivity contribution < 1.29 is 4.74 Å². The van der Waals surface area contributed by atoms with Crippen molar-refractivity contribution in [1.29, 1.82) is 0 Å². The van der Waals surface area contributed by atoms with E-state index >= 15 is 0 Å². The van der Waals surface area contributed by atoms with Crippen molar-refractivity contribution in [3.05, 3.63) is 42.7 Å². The molecule has 0 fully saturated rings. The molecule has 4 heteroatoms. The average Bonchev–Trinajstić information content (AvgIpc) is 2.33. The van der Waals surface area contributed by atoms with Gasteiger partial charge in [0, 0.05) is 33.9 Å². The fourth-order valence-corrected chi connectivity index (χ4v) is 2.10. The Labute approximate surface area is 98.6 Å². The molecule has 0 saturated heterocycles. The number of pyridine rings is 1. The smallest absolute Gasteiger partial charge is 0.120 e. The molecule has 0 atom stereocenters. The number of benzene rings is 1. The molecule has 2 aromatic rings. The van der Waals surface area contributed by atoms with Crippen molar-refractivity contribution in [3.8, 4) is 5.75 Å². The molecule has 82 valence electrons. The van der Waals surface area contributed by atoms with Crippen LogP contribution in [0.1, 0.15) is 0 Å². The van der Waals surface area contributed by atoms with Crippen molar-refractivity contribution in [2.45, 2.75) is 9.79 Å². The monoisotopic (exact) mass is 232 g/mol. The van der Waals surface area contributed by atoms with Gasteiger partial charge in [0.05, 0.1) is 7.11 Å². The van der Waals surface area contributed by atoms with Crippen LogP contribution in [0.5, 0.6) is 5.75 Å². The van der Waals surface area contributed by atoms with E-state index in [1.54, 1.807) is 31.3 Å². The van der Waals surface area contributed by atoms with Crippen LogP contribution in [0, 0.1) is 0 Å². The van der Waals surface area contributed by atoms with Crippen molar-refractivity contribution >= 4 is 17.4 Å². The number of anilines is 1. The van der Waals surface area contributed by atoms with E-state index in [9.17, 15) is 0 Å². The standard InChI is InChI=1S/C12H12N2OS/c1-15-9-2-3-12(11(13)8-9)16-10-4-6-14-7-5-10/h2-8H,13H2,1H3. The molecule has 0 unspecified atom stereocenters. The van der Waals surface area contributed by atoms with Crippen molar-refractivity contribution in [2.24, 2.45) is 0 Å². The molecule has 0 spiro atoms. The van der Waals surface area contributed by atoms with Crippen LogP contribution < -0.4 is 10.5 Å². The lowest BCUT2D eigenvalue weighted by Crippen LogP contribution is -1.90. The highest BCUT2D eigenvalue weighted by Gasteiger charge is 2.03. The molecule has 0 aliphatic heterocycles. The number of hydrogen-bond acceptors (Lipinski definition) is 4. The van der Waals surface area contributed by atoms with Gasteiger partial charge in [-0.1, -0.05) is 11.8 Å². The summed E-state index contributed by atoms with van der Waals surface area (Å²) in [7, 11) is 1.63. The molecule has 0 bridgehead atoms. The van der Waals surface area contributed by atoms with Crippen LogP contribution in [0.15, 0.2) is 52.5 Å². The lowest BCUT2D eigenvalue weighted by atomic mass is 10.3. The second kappa shape index (κ2) is 4.90. The van der Waals surface area contributed by atoms with Gasteiger partial charge in [0.1, 0.15) is 5.75 Å². The van der Waals surface area contributed by atoms with E-state index in [4.69, 9.17) is 10.5 Å². The lowest BCUT2D eigenvalue weighted by Gasteiger charge is -2.07. The molecule has 0 saturated carbocycles. The third-order valence-electron chi connectivity index (χ3n) is 2.09. The minimum Gasteiger partial charge on any atom is -0.497 e. The lowest BCUT2D eigenvalue weighted by molar-refractivity contribution is 0.415. The van der Waals surface area contributed by atoms with Crippen molar-refractivity contribution in [1.82, 2.24) is 4.98 Å². The molecular formula is C12H12N2OS. The highest BCUT2D eigenvalue weighted by Crippen LogP contribution is 2.33.